The maximum atomic E-state index is 11.9. The summed E-state index contributed by atoms with van der Waals surface area (Å²) in [6.07, 6.45) is 6.09. The molecule has 0 bridgehead atoms. The van der Waals surface area contributed by atoms with Gasteiger partial charge in [0.05, 0.1) is 5.92 Å². The van der Waals surface area contributed by atoms with Gasteiger partial charge in [0, 0.05) is 25.7 Å². The van der Waals surface area contributed by atoms with Gasteiger partial charge in [-0.05, 0) is 50.9 Å². The van der Waals surface area contributed by atoms with E-state index < -0.39 is 5.97 Å². The van der Waals surface area contributed by atoms with Crippen molar-refractivity contribution in [3.05, 3.63) is 0 Å². The number of nitrogens with one attached hydrogen (secondary N) is 1. The fourth-order valence-electron chi connectivity index (χ4n) is 2.67. The molecule has 0 atom stereocenters. The van der Waals surface area contributed by atoms with Gasteiger partial charge in [-0.15, -0.1) is 0 Å². The number of rotatable bonds is 8. The Bertz CT molecular complexity index is 333. The molecule has 0 aliphatic heterocycles. The van der Waals surface area contributed by atoms with Gasteiger partial charge in [-0.1, -0.05) is 0 Å². The van der Waals surface area contributed by atoms with Crippen molar-refractivity contribution in [2.75, 3.05) is 19.8 Å². The average molecular weight is 283 g/mol. The van der Waals surface area contributed by atoms with Crippen molar-refractivity contribution in [2.24, 2.45) is 17.8 Å². The molecule has 2 fully saturated rings. The zero-order chi connectivity index (χ0) is 14.4. The SMILES string of the molecule is O=C(O)C1CCC(C(=O)NCCCOCC2CC2)CC1. The van der Waals surface area contributed by atoms with Gasteiger partial charge in [-0.2, -0.15) is 0 Å². The predicted molar refractivity (Wildman–Crippen MR) is 74.3 cm³/mol. The number of carbonyl (C=O) groups is 2. The Labute approximate surface area is 120 Å². The summed E-state index contributed by atoms with van der Waals surface area (Å²) >= 11 is 0. The van der Waals surface area contributed by atoms with Crippen LogP contribution in [0.25, 0.3) is 0 Å². The van der Waals surface area contributed by atoms with E-state index in [1.807, 2.05) is 0 Å². The Morgan fingerprint density at radius 2 is 1.70 bits per heavy atom. The summed E-state index contributed by atoms with van der Waals surface area (Å²) in [6, 6.07) is 0. The number of carboxylic acids is 1. The van der Waals surface area contributed by atoms with Crippen LogP contribution >= 0.6 is 0 Å². The molecule has 5 nitrogen and oxygen atoms in total. The Kier molecular flexibility index (Phi) is 5.83. The molecule has 0 aromatic carbocycles. The third kappa shape index (κ3) is 5.12. The van der Waals surface area contributed by atoms with Crippen LogP contribution in [0.15, 0.2) is 0 Å². The number of hydrogen-bond acceptors (Lipinski definition) is 3. The lowest BCUT2D eigenvalue weighted by atomic mass is 9.81. The first kappa shape index (κ1) is 15.3. The molecule has 5 heteroatoms. The Morgan fingerprint density at radius 3 is 2.30 bits per heavy atom. The zero-order valence-corrected chi connectivity index (χ0v) is 12.0. The highest BCUT2D eigenvalue weighted by Gasteiger charge is 2.29. The van der Waals surface area contributed by atoms with Crippen molar-refractivity contribution < 1.29 is 19.4 Å². The van der Waals surface area contributed by atoms with Crippen molar-refractivity contribution in [3.63, 3.8) is 0 Å². The van der Waals surface area contributed by atoms with E-state index in [1.54, 1.807) is 0 Å². The molecule has 2 aliphatic rings. The summed E-state index contributed by atoms with van der Waals surface area (Å²) in [6.45, 7) is 2.23. The van der Waals surface area contributed by atoms with Crippen LogP contribution < -0.4 is 5.32 Å². The van der Waals surface area contributed by atoms with Crippen LogP contribution in [0.4, 0.5) is 0 Å². The fourth-order valence-corrected chi connectivity index (χ4v) is 2.67. The molecule has 0 spiro atoms. The second-order valence-electron chi connectivity index (χ2n) is 6.05. The minimum absolute atomic E-state index is 0.00187. The first-order valence-corrected chi connectivity index (χ1v) is 7.75. The lowest BCUT2D eigenvalue weighted by Gasteiger charge is -2.25. The molecule has 0 aromatic rings. The van der Waals surface area contributed by atoms with E-state index in [9.17, 15) is 9.59 Å². The predicted octanol–water partition coefficient (Wildman–Crippen LogP) is 1.81. The van der Waals surface area contributed by atoms with Crippen LogP contribution in [-0.2, 0) is 14.3 Å². The first-order chi connectivity index (χ1) is 9.66. The van der Waals surface area contributed by atoms with Crippen molar-refractivity contribution in [3.8, 4) is 0 Å². The van der Waals surface area contributed by atoms with Crippen LogP contribution in [0, 0.1) is 17.8 Å². The summed E-state index contributed by atoms with van der Waals surface area (Å²) in [4.78, 5) is 22.8. The van der Waals surface area contributed by atoms with E-state index in [1.165, 1.54) is 12.8 Å². The molecule has 2 saturated carbocycles. The van der Waals surface area contributed by atoms with Gasteiger partial charge in [0.2, 0.25) is 5.91 Å². The quantitative estimate of drug-likeness (QED) is 0.666. The van der Waals surface area contributed by atoms with Gasteiger partial charge < -0.3 is 15.2 Å². The number of ether oxygens (including phenoxy) is 1. The van der Waals surface area contributed by atoms with E-state index in [4.69, 9.17) is 9.84 Å². The Balaban J connectivity index is 1.50. The van der Waals surface area contributed by atoms with E-state index in [-0.39, 0.29) is 17.7 Å². The third-order valence-corrected chi connectivity index (χ3v) is 4.26. The fraction of sp³-hybridized carbons (Fsp3) is 0.867. The Morgan fingerprint density at radius 1 is 1.05 bits per heavy atom. The van der Waals surface area contributed by atoms with Gasteiger partial charge in [-0.3, -0.25) is 9.59 Å². The molecule has 0 aromatic heterocycles. The third-order valence-electron chi connectivity index (χ3n) is 4.26. The summed E-state index contributed by atoms with van der Waals surface area (Å²) < 4.78 is 5.51. The van der Waals surface area contributed by atoms with Crippen molar-refractivity contribution >= 4 is 11.9 Å². The molecular formula is C15H25NO4. The van der Waals surface area contributed by atoms with Crippen LogP contribution in [0.3, 0.4) is 0 Å². The number of hydrogen-bond donors (Lipinski definition) is 2. The summed E-state index contributed by atoms with van der Waals surface area (Å²) in [5.41, 5.74) is 0. The maximum Gasteiger partial charge on any atom is 0.306 e. The summed E-state index contributed by atoms with van der Waals surface area (Å²) in [7, 11) is 0. The Hall–Kier alpha value is -1.10. The molecule has 2 rings (SSSR count). The molecular weight excluding hydrogens is 258 g/mol. The number of aliphatic carboxylic acids is 1. The molecule has 0 unspecified atom stereocenters. The van der Waals surface area contributed by atoms with Crippen LogP contribution in [0.1, 0.15) is 44.9 Å². The van der Waals surface area contributed by atoms with E-state index in [0.717, 1.165) is 18.9 Å². The molecule has 114 valence electrons. The zero-order valence-electron chi connectivity index (χ0n) is 12.0. The van der Waals surface area contributed by atoms with Gasteiger partial charge in [-0.25, -0.2) is 0 Å². The standard InChI is InChI=1S/C15H25NO4/c17-14(12-4-6-13(7-5-12)15(18)19)16-8-1-9-20-10-11-2-3-11/h11-13H,1-10H2,(H,16,17)(H,18,19). The van der Waals surface area contributed by atoms with Crippen molar-refractivity contribution in [1.82, 2.24) is 5.32 Å². The van der Waals surface area contributed by atoms with Crippen LogP contribution in [-0.4, -0.2) is 36.7 Å². The van der Waals surface area contributed by atoms with Crippen molar-refractivity contribution in [1.29, 1.82) is 0 Å². The highest BCUT2D eigenvalue weighted by atomic mass is 16.5. The van der Waals surface area contributed by atoms with Crippen LogP contribution in [0.2, 0.25) is 0 Å². The van der Waals surface area contributed by atoms with Gasteiger partial charge in [0.15, 0.2) is 0 Å². The minimum Gasteiger partial charge on any atom is -0.481 e. The van der Waals surface area contributed by atoms with Gasteiger partial charge >= 0.3 is 5.97 Å². The average Bonchev–Trinajstić information content (AvgIpc) is 3.26. The molecule has 2 N–H and O–H groups in total. The maximum absolute atomic E-state index is 11.9. The highest BCUT2D eigenvalue weighted by molar-refractivity contribution is 5.79. The largest absolute Gasteiger partial charge is 0.481 e. The van der Waals surface area contributed by atoms with Gasteiger partial charge in [0.1, 0.15) is 0 Å². The highest BCUT2D eigenvalue weighted by Crippen LogP contribution is 2.29. The summed E-state index contributed by atoms with van der Waals surface area (Å²) in [5.74, 6) is -0.116. The second kappa shape index (κ2) is 7.62. The first-order valence-electron chi connectivity index (χ1n) is 7.75. The molecule has 1 amide bonds. The number of carboxylic acid groups (broad SMARTS) is 1. The smallest absolute Gasteiger partial charge is 0.306 e. The van der Waals surface area contributed by atoms with Crippen LogP contribution in [0.5, 0.6) is 0 Å². The topological polar surface area (TPSA) is 75.6 Å². The number of carbonyl (C=O) groups excluding carboxylic acids is 1. The van der Waals surface area contributed by atoms with Crippen molar-refractivity contribution in [2.45, 2.75) is 44.9 Å². The second-order valence-corrected chi connectivity index (χ2v) is 6.05. The summed E-state index contributed by atoms with van der Waals surface area (Å²) in [5, 5.41) is 11.8. The van der Waals surface area contributed by atoms with E-state index in [2.05, 4.69) is 5.32 Å². The monoisotopic (exact) mass is 283 g/mol. The minimum atomic E-state index is -0.725. The van der Waals surface area contributed by atoms with E-state index >= 15 is 0 Å². The molecule has 20 heavy (non-hydrogen) atoms. The normalized spacial score (nSPS) is 26.2. The molecule has 2 aliphatic carbocycles. The molecule has 0 heterocycles. The lowest BCUT2D eigenvalue weighted by molar-refractivity contribution is -0.144. The molecule has 0 radical (unpaired) electrons. The molecule has 0 saturated heterocycles. The van der Waals surface area contributed by atoms with Gasteiger partial charge in [0.25, 0.3) is 0 Å². The number of amides is 1. The van der Waals surface area contributed by atoms with E-state index in [0.29, 0.717) is 38.8 Å². The lowest BCUT2D eigenvalue weighted by Crippen LogP contribution is -2.35.